The van der Waals surface area contributed by atoms with E-state index in [-0.39, 0.29) is 5.96 Å². The highest BCUT2D eigenvalue weighted by atomic mass is 16.5. The first-order valence-corrected chi connectivity index (χ1v) is 9.96. The molecule has 1 heterocycles. The number of anilines is 1. The second kappa shape index (κ2) is 8.03. The molecule has 0 atom stereocenters. The number of methoxy groups -OCH3 is 1. The molecule has 1 fully saturated rings. The van der Waals surface area contributed by atoms with E-state index in [0.717, 1.165) is 36.9 Å². The zero-order chi connectivity index (χ0) is 20.3. The van der Waals surface area contributed by atoms with Crippen molar-refractivity contribution in [3.8, 4) is 11.5 Å². The average molecular weight is 393 g/mol. The van der Waals surface area contributed by atoms with E-state index in [2.05, 4.69) is 4.99 Å². The Hall–Kier alpha value is -3.22. The molecule has 0 unspecified atom stereocenters. The van der Waals surface area contributed by atoms with Crippen molar-refractivity contribution in [3.63, 3.8) is 0 Å². The summed E-state index contributed by atoms with van der Waals surface area (Å²) in [6.45, 7) is 0.467. The van der Waals surface area contributed by atoms with Crippen LogP contribution in [0.25, 0.3) is 0 Å². The highest BCUT2D eigenvalue weighted by Gasteiger charge is 2.42. The van der Waals surface area contributed by atoms with Gasteiger partial charge in [0.05, 0.1) is 12.8 Å². The van der Waals surface area contributed by atoms with Gasteiger partial charge in [-0.2, -0.15) is 4.99 Å². The van der Waals surface area contributed by atoms with Gasteiger partial charge in [0, 0.05) is 6.07 Å². The van der Waals surface area contributed by atoms with Crippen molar-refractivity contribution in [3.05, 3.63) is 54.1 Å². The molecular weight excluding hydrogens is 366 g/mol. The van der Waals surface area contributed by atoms with Crippen LogP contribution in [0.3, 0.4) is 0 Å². The summed E-state index contributed by atoms with van der Waals surface area (Å²) in [6.07, 6.45) is 5.13. The molecule has 2 aromatic rings. The molecule has 152 valence electrons. The maximum Gasteiger partial charge on any atom is 0.220 e. The lowest BCUT2D eigenvalue weighted by atomic mass is 9.87. The summed E-state index contributed by atoms with van der Waals surface area (Å²) in [5.41, 5.74) is 13.8. The molecule has 0 bridgehead atoms. The fourth-order valence-electron chi connectivity index (χ4n) is 4.14. The molecule has 4 N–H and O–H groups in total. The predicted octanol–water partition coefficient (Wildman–Crippen LogP) is 3.38. The first-order valence-electron chi connectivity index (χ1n) is 9.96. The van der Waals surface area contributed by atoms with E-state index in [1.807, 2.05) is 53.4 Å². The molecule has 0 saturated heterocycles. The van der Waals surface area contributed by atoms with Crippen LogP contribution in [-0.4, -0.2) is 24.7 Å². The zero-order valence-electron chi connectivity index (χ0n) is 16.7. The fourth-order valence-corrected chi connectivity index (χ4v) is 4.14. The molecule has 1 spiro atoms. The van der Waals surface area contributed by atoms with E-state index in [9.17, 15) is 0 Å². The van der Waals surface area contributed by atoms with Gasteiger partial charge in [-0.05, 0) is 43.4 Å². The zero-order valence-corrected chi connectivity index (χ0v) is 16.7. The number of nitrogens with zero attached hydrogens (tertiary/aromatic N) is 3. The van der Waals surface area contributed by atoms with Crippen molar-refractivity contribution in [2.45, 2.75) is 44.4 Å². The second-order valence-corrected chi connectivity index (χ2v) is 7.43. The molecule has 1 aliphatic carbocycles. The van der Waals surface area contributed by atoms with Crippen molar-refractivity contribution < 1.29 is 9.47 Å². The summed E-state index contributed by atoms with van der Waals surface area (Å²) < 4.78 is 11.6. The van der Waals surface area contributed by atoms with E-state index in [0.29, 0.717) is 24.1 Å². The molecule has 1 aliphatic heterocycles. The van der Waals surface area contributed by atoms with Gasteiger partial charge in [-0.15, -0.1) is 0 Å². The number of nitrogens with two attached hydrogens (primary N) is 2. The van der Waals surface area contributed by atoms with Gasteiger partial charge < -0.3 is 20.9 Å². The normalized spacial score (nSPS) is 18.2. The van der Waals surface area contributed by atoms with Gasteiger partial charge in [-0.25, -0.2) is 4.99 Å². The van der Waals surface area contributed by atoms with Crippen LogP contribution in [0.1, 0.15) is 37.7 Å². The molecule has 7 heteroatoms. The lowest BCUT2D eigenvalue weighted by molar-refractivity contribution is 0.283. The predicted molar refractivity (Wildman–Crippen MR) is 115 cm³/mol. The SMILES string of the molecule is COc1cc(N2C(N)=NC(N)=NC23CCCCC3)ccc1OCc1ccccc1. The Morgan fingerprint density at radius 2 is 1.76 bits per heavy atom. The highest BCUT2D eigenvalue weighted by molar-refractivity contribution is 6.05. The third-order valence-corrected chi connectivity index (χ3v) is 5.49. The Morgan fingerprint density at radius 3 is 2.48 bits per heavy atom. The standard InChI is InChI=1S/C22H27N5O2/c1-28-19-14-17(10-11-18(19)29-15-16-8-4-2-5-9-16)27-21(24)25-20(23)26-22(27)12-6-3-7-13-22/h2,4-5,8-11,14H,3,6-7,12-13,15H2,1H3,(H4,23,24,25,26). The van der Waals surface area contributed by atoms with Crippen LogP contribution in [0.15, 0.2) is 58.5 Å². The highest BCUT2D eigenvalue weighted by Crippen LogP contribution is 2.41. The lowest BCUT2D eigenvalue weighted by Crippen LogP contribution is -2.58. The Kier molecular flexibility index (Phi) is 5.29. The van der Waals surface area contributed by atoms with Crippen LogP contribution in [0, 0.1) is 0 Å². The van der Waals surface area contributed by atoms with Crippen LogP contribution in [0.2, 0.25) is 0 Å². The van der Waals surface area contributed by atoms with Crippen LogP contribution < -0.4 is 25.8 Å². The van der Waals surface area contributed by atoms with E-state index in [4.69, 9.17) is 25.9 Å². The molecule has 1 saturated carbocycles. The van der Waals surface area contributed by atoms with Gasteiger partial charge in [-0.1, -0.05) is 36.8 Å². The van der Waals surface area contributed by atoms with E-state index in [1.165, 1.54) is 6.42 Å². The maximum absolute atomic E-state index is 6.31. The molecule has 2 aromatic carbocycles. The molecule has 2 aliphatic rings. The van der Waals surface area contributed by atoms with Crippen LogP contribution in [0.5, 0.6) is 11.5 Å². The molecule has 4 rings (SSSR count). The minimum Gasteiger partial charge on any atom is -0.493 e. The number of hydrogen-bond donors (Lipinski definition) is 2. The minimum absolute atomic E-state index is 0.246. The molecule has 7 nitrogen and oxygen atoms in total. The second-order valence-electron chi connectivity index (χ2n) is 7.43. The first kappa shape index (κ1) is 19.1. The Balaban J connectivity index is 1.63. The maximum atomic E-state index is 6.31. The quantitative estimate of drug-likeness (QED) is 0.811. The summed E-state index contributed by atoms with van der Waals surface area (Å²) in [6, 6.07) is 15.8. The van der Waals surface area contributed by atoms with Gasteiger partial charge in [-0.3, -0.25) is 4.90 Å². The van der Waals surface area contributed by atoms with Gasteiger partial charge in [0.1, 0.15) is 12.3 Å². The van der Waals surface area contributed by atoms with Gasteiger partial charge in [0.15, 0.2) is 11.5 Å². The first-order chi connectivity index (χ1) is 14.1. The lowest BCUT2D eigenvalue weighted by Gasteiger charge is -2.45. The Bertz CT molecular complexity index is 920. The topological polar surface area (TPSA) is 98.5 Å². The summed E-state index contributed by atoms with van der Waals surface area (Å²) in [7, 11) is 1.63. The molecule has 0 radical (unpaired) electrons. The minimum atomic E-state index is -0.481. The number of ether oxygens (including phenoxy) is 2. The van der Waals surface area contributed by atoms with Gasteiger partial charge in [0.25, 0.3) is 0 Å². The smallest absolute Gasteiger partial charge is 0.220 e. The van der Waals surface area contributed by atoms with Crippen LogP contribution in [-0.2, 0) is 6.61 Å². The summed E-state index contributed by atoms with van der Waals surface area (Å²) in [5, 5.41) is 0. The number of hydrogen-bond acceptors (Lipinski definition) is 7. The molecule has 0 aromatic heterocycles. The van der Waals surface area contributed by atoms with Crippen molar-refractivity contribution in [2.75, 3.05) is 12.0 Å². The number of guanidine groups is 2. The van der Waals surface area contributed by atoms with E-state index in [1.54, 1.807) is 7.11 Å². The number of benzene rings is 2. The van der Waals surface area contributed by atoms with Gasteiger partial charge in [0.2, 0.25) is 11.9 Å². The summed E-state index contributed by atoms with van der Waals surface area (Å²) in [4.78, 5) is 10.9. The molecule has 0 amide bonds. The van der Waals surface area contributed by atoms with Crippen molar-refractivity contribution in [1.82, 2.24) is 0 Å². The number of aliphatic imine (C=N–C) groups is 2. The van der Waals surface area contributed by atoms with Crippen LogP contribution in [0.4, 0.5) is 5.69 Å². The molecular formula is C22H27N5O2. The monoisotopic (exact) mass is 393 g/mol. The van der Waals surface area contributed by atoms with Crippen molar-refractivity contribution >= 4 is 17.6 Å². The summed E-state index contributed by atoms with van der Waals surface area (Å²) in [5.74, 6) is 1.92. The summed E-state index contributed by atoms with van der Waals surface area (Å²) >= 11 is 0. The number of rotatable bonds is 5. The third-order valence-electron chi connectivity index (χ3n) is 5.49. The largest absolute Gasteiger partial charge is 0.493 e. The average Bonchev–Trinajstić information content (AvgIpc) is 2.73. The van der Waals surface area contributed by atoms with E-state index < -0.39 is 5.66 Å². The van der Waals surface area contributed by atoms with E-state index >= 15 is 0 Å². The van der Waals surface area contributed by atoms with Crippen LogP contribution >= 0.6 is 0 Å². The van der Waals surface area contributed by atoms with Crippen molar-refractivity contribution in [2.24, 2.45) is 21.5 Å². The Morgan fingerprint density at radius 1 is 1.00 bits per heavy atom. The molecule has 29 heavy (non-hydrogen) atoms. The fraction of sp³-hybridized carbons (Fsp3) is 0.364. The third kappa shape index (κ3) is 3.85. The van der Waals surface area contributed by atoms with Gasteiger partial charge >= 0.3 is 0 Å². The Labute approximate surface area is 171 Å². The van der Waals surface area contributed by atoms with Crippen molar-refractivity contribution in [1.29, 1.82) is 0 Å².